The number of allylic oxidation sites excluding steroid dienone is 4. The van der Waals surface area contributed by atoms with Crippen molar-refractivity contribution in [2.45, 2.75) is 32.1 Å². The van der Waals surface area contributed by atoms with Gasteiger partial charge in [0, 0.05) is 22.2 Å². The van der Waals surface area contributed by atoms with Crippen LogP contribution in [0.5, 0.6) is 0 Å². The number of para-hydroxylation sites is 1. The van der Waals surface area contributed by atoms with Crippen LogP contribution >= 0.6 is 0 Å². The Morgan fingerprint density at radius 3 is 2.13 bits per heavy atom. The fourth-order valence-corrected chi connectivity index (χ4v) is 8.05. The van der Waals surface area contributed by atoms with Crippen molar-refractivity contribution in [3.8, 4) is 11.1 Å². The SMILES string of the molecule is CC1(C)C2=C(CCC=C2)c2cc3ccc4cccc(N(c5ccccc5)c5cc(-c6ccccc6)c6ccccc6c5)c4c3cc21. The molecule has 0 bridgehead atoms. The van der Waals surface area contributed by atoms with Crippen LogP contribution in [0.15, 0.2) is 157 Å². The van der Waals surface area contributed by atoms with Gasteiger partial charge in [-0.15, -0.1) is 0 Å². The molecule has 0 fully saturated rings. The summed E-state index contributed by atoms with van der Waals surface area (Å²) in [6.45, 7) is 4.80. The fourth-order valence-electron chi connectivity index (χ4n) is 8.05. The maximum atomic E-state index is 2.52. The average Bonchev–Trinajstić information content (AvgIpc) is 3.33. The zero-order valence-electron chi connectivity index (χ0n) is 26.3. The van der Waals surface area contributed by atoms with E-state index in [0.717, 1.165) is 24.2 Å². The van der Waals surface area contributed by atoms with Gasteiger partial charge in [0.15, 0.2) is 0 Å². The van der Waals surface area contributed by atoms with E-state index >= 15 is 0 Å². The van der Waals surface area contributed by atoms with Crippen molar-refractivity contribution in [2.75, 3.05) is 4.90 Å². The molecule has 0 aliphatic heterocycles. The summed E-state index contributed by atoms with van der Waals surface area (Å²) in [6.07, 6.45) is 6.98. The van der Waals surface area contributed by atoms with Crippen molar-refractivity contribution >= 4 is 55.0 Å². The number of nitrogens with zero attached hydrogens (tertiary/aromatic N) is 1. The first-order valence-electron chi connectivity index (χ1n) is 16.4. The highest BCUT2D eigenvalue weighted by Crippen LogP contribution is 2.52. The average molecular weight is 590 g/mol. The normalized spacial score (nSPS) is 15.0. The van der Waals surface area contributed by atoms with Gasteiger partial charge in [-0.1, -0.05) is 123 Å². The van der Waals surface area contributed by atoms with Crippen LogP contribution in [-0.2, 0) is 5.41 Å². The molecule has 0 aromatic heterocycles. The first-order valence-corrected chi connectivity index (χ1v) is 16.4. The van der Waals surface area contributed by atoms with E-state index in [2.05, 4.69) is 170 Å². The van der Waals surface area contributed by atoms with Crippen LogP contribution in [0.1, 0.15) is 37.8 Å². The lowest BCUT2D eigenvalue weighted by Gasteiger charge is -2.29. The maximum absolute atomic E-state index is 2.52. The second-order valence-corrected chi connectivity index (χ2v) is 13.3. The molecular formula is C45H35N. The minimum Gasteiger partial charge on any atom is -0.310 e. The number of benzene rings is 7. The molecule has 0 spiro atoms. The lowest BCUT2D eigenvalue weighted by atomic mass is 9.79. The summed E-state index contributed by atoms with van der Waals surface area (Å²) >= 11 is 0. The maximum Gasteiger partial charge on any atom is 0.0546 e. The number of fused-ring (bicyclic) bond motifs is 6. The summed E-state index contributed by atoms with van der Waals surface area (Å²) in [6, 6.07) is 51.5. The second-order valence-electron chi connectivity index (χ2n) is 13.3. The van der Waals surface area contributed by atoms with Gasteiger partial charge in [0.25, 0.3) is 0 Å². The lowest BCUT2D eigenvalue weighted by Crippen LogP contribution is -2.16. The number of rotatable bonds is 4. The van der Waals surface area contributed by atoms with Crippen LogP contribution < -0.4 is 4.90 Å². The smallest absolute Gasteiger partial charge is 0.0546 e. The van der Waals surface area contributed by atoms with Gasteiger partial charge in [-0.25, -0.2) is 0 Å². The monoisotopic (exact) mass is 589 g/mol. The Morgan fingerprint density at radius 2 is 1.28 bits per heavy atom. The minimum absolute atomic E-state index is 0.0189. The van der Waals surface area contributed by atoms with Crippen LogP contribution in [0.25, 0.3) is 49.0 Å². The molecule has 9 rings (SSSR count). The van der Waals surface area contributed by atoms with Gasteiger partial charge in [-0.2, -0.15) is 0 Å². The molecule has 0 amide bonds. The van der Waals surface area contributed by atoms with Crippen molar-refractivity contribution in [3.63, 3.8) is 0 Å². The predicted molar refractivity (Wildman–Crippen MR) is 197 cm³/mol. The quantitative estimate of drug-likeness (QED) is 0.185. The number of hydrogen-bond donors (Lipinski definition) is 0. The molecule has 46 heavy (non-hydrogen) atoms. The topological polar surface area (TPSA) is 3.24 Å². The highest BCUT2D eigenvalue weighted by atomic mass is 15.1. The van der Waals surface area contributed by atoms with Crippen molar-refractivity contribution < 1.29 is 0 Å². The van der Waals surface area contributed by atoms with Crippen LogP contribution in [0, 0.1) is 0 Å². The fraction of sp³-hybridized carbons (Fsp3) is 0.111. The van der Waals surface area contributed by atoms with Gasteiger partial charge in [-0.05, 0) is 116 Å². The lowest BCUT2D eigenvalue weighted by molar-refractivity contribution is 0.652. The largest absolute Gasteiger partial charge is 0.310 e. The van der Waals surface area contributed by atoms with Crippen molar-refractivity contribution in [1.82, 2.24) is 0 Å². The second kappa shape index (κ2) is 10.3. The molecule has 0 saturated heterocycles. The van der Waals surface area contributed by atoms with Gasteiger partial charge >= 0.3 is 0 Å². The Bertz CT molecular complexity index is 2370. The standard InChI is InChI=1S/C45H35N/c1-45(2)41-22-12-11-21-37(41)40-27-33-25-24-31-17-13-23-43(44(31)39(33)29-42(40)45)46(34-18-7-4-8-19-34)35-26-32-16-9-10-20-36(32)38(28-35)30-14-5-3-6-15-30/h3-10,12-20,22-29H,11,21H2,1-2H3. The van der Waals surface area contributed by atoms with Crippen molar-refractivity contribution in [3.05, 3.63) is 168 Å². The highest BCUT2D eigenvalue weighted by molar-refractivity contribution is 6.16. The van der Waals surface area contributed by atoms with Crippen molar-refractivity contribution in [2.24, 2.45) is 0 Å². The summed E-state index contributed by atoms with van der Waals surface area (Å²) in [5, 5.41) is 7.65. The molecule has 2 aliphatic rings. The van der Waals surface area contributed by atoms with E-state index in [0.29, 0.717) is 0 Å². The van der Waals surface area contributed by atoms with Gasteiger partial charge in [0.1, 0.15) is 0 Å². The Morgan fingerprint density at radius 1 is 0.565 bits per heavy atom. The Kier molecular flexibility index (Phi) is 6.05. The zero-order valence-corrected chi connectivity index (χ0v) is 26.3. The molecule has 0 N–H and O–H groups in total. The van der Waals surface area contributed by atoms with Crippen LogP contribution in [-0.4, -0.2) is 0 Å². The molecule has 1 nitrogen and oxygen atoms in total. The molecule has 0 radical (unpaired) electrons. The predicted octanol–water partition coefficient (Wildman–Crippen LogP) is 12.7. The molecule has 220 valence electrons. The van der Waals surface area contributed by atoms with E-state index in [-0.39, 0.29) is 5.41 Å². The molecule has 1 heteroatoms. The molecule has 0 heterocycles. The highest BCUT2D eigenvalue weighted by Gasteiger charge is 2.37. The first kappa shape index (κ1) is 27.0. The van der Waals surface area contributed by atoms with Gasteiger partial charge in [-0.3, -0.25) is 0 Å². The van der Waals surface area contributed by atoms with E-state index in [1.807, 2.05) is 0 Å². The first-order chi connectivity index (χ1) is 22.6. The summed E-state index contributed by atoms with van der Waals surface area (Å²) in [7, 11) is 0. The van der Waals surface area contributed by atoms with E-state index in [1.165, 1.54) is 71.4 Å². The van der Waals surface area contributed by atoms with Crippen LogP contribution in [0.3, 0.4) is 0 Å². The van der Waals surface area contributed by atoms with Crippen LogP contribution in [0.4, 0.5) is 17.1 Å². The van der Waals surface area contributed by atoms with E-state index < -0.39 is 0 Å². The Labute approximate surface area is 270 Å². The summed E-state index contributed by atoms with van der Waals surface area (Å²) in [4.78, 5) is 2.46. The number of anilines is 3. The Balaban J connectivity index is 1.34. The summed E-state index contributed by atoms with van der Waals surface area (Å²) < 4.78 is 0. The molecular weight excluding hydrogens is 555 g/mol. The third-order valence-corrected chi connectivity index (χ3v) is 10.3. The Hall–Kier alpha value is -5.40. The third kappa shape index (κ3) is 4.08. The van der Waals surface area contributed by atoms with E-state index in [4.69, 9.17) is 0 Å². The van der Waals surface area contributed by atoms with Crippen molar-refractivity contribution in [1.29, 1.82) is 0 Å². The molecule has 7 aromatic carbocycles. The van der Waals surface area contributed by atoms with Gasteiger partial charge in [0.05, 0.1) is 5.69 Å². The minimum atomic E-state index is -0.0189. The number of hydrogen-bond acceptors (Lipinski definition) is 1. The van der Waals surface area contributed by atoms with Crippen LogP contribution in [0.2, 0.25) is 0 Å². The summed E-state index contributed by atoms with van der Waals surface area (Å²) in [5.41, 5.74) is 11.8. The zero-order chi connectivity index (χ0) is 30.8. The molecule has 0 atom stereocenters. The molecule has 0 unspecified atom stereocenters. The molecule has 0 saturated carbocycles. The molecule has 2 aliphatic carbocycles. The third-order valence-electron chi connectivity index (χ3n) is 10.3. The summed E-state index contributed by atoms with van der Waals surface area (Å²) in [5.74, 6) is 0. The van der Waals surface area contributed by atoms with E-state index in [9.17, 15) is 0 Å². The van der Waals surface area contributed by atoms with Gasteiger partial charge in [0.2, 0.25) is 0 Å². The van der Waals surface area contributed by atoms with E-state index in [1.54, 1.807) is 0 Å². The molecule has 7 aromatic rings. The van der Waals surface area contributed by atoms with Gasteiger partial charge < -0.3 is 4.90 Å².